The maximum absolute atomic E-state index is 13.4. The number of ketones is 1. The van der Waals surface area contributed by atoms with Crippen molar-refractivity contribution in [1.82, 2.24) is 4.57 Å². The normalized spacial score (nSPS) is 14.9. The number of aryl methyl sites for hydroxylation is 1. The number of esters is 1. The molecule has 1 aromatic heterocycles. The van der Waals surface area contributed by atoms with Gasteiger partial charge in [-0.1, -0.05) is 60.7 Å². The van der Waals surface area contributed by atoms with Crippen LogP contribution in [0.3, 0.4) is 0 Å². The highest BCUT2D eigenvalue weighted by molar-refractivity contribution is 8.01. The molecule has 35 heavy (non-hydrogen) atoms. The minimum absolute atomic E-state index is 0.111. The lowest BCUT2D eigenvalue weighted by Gasteiger charge is -2.23. The molecule has 0 saturated heterocycles. The quantitative estimate of drug-likeness (QED) is 0.275. The Morgan fingerprint density at radius 3 is 2.49 bits per heavy atom. The second-order valence-electron chi connectivity index (χ2n) is 8.23. The molecule has 3 aromatic carbocycles. The number of fused-ring (bicyclic) bond motifs is 2. The van der Waals surface area contributed by atoms with Gasteiger partial charge in [-0.15, -0.1) is 11.8 Å². The molecule has 7 heteroatoms. The van der Waals surface area contributed by atoms with E-state index in [1.165, 1.54) is 11.8 Å². The number of anilines is 1. The number of hydrogen-bond acceptors (Lipinski definition) is 5. The molecule has 1 atom stereocenters. The lowest BCUT2D eigenvalue weighted by molar-refractivity contribution is -0.143. The zero-order valence-corrected chi connectivity index (χ0v) is 20.0. The second kappa shape index (κ2) is 9.80. The SMILES string of the molecule is CCn1c(-c2ccccc2)c(C(=O)COC(=O)CC2Sc3ccccc3NC2=O)c2ccccc21. The predicted octanol–water partition coefficient (Wildman–Crippen LogP) is 5.56. The number of benzene rings is 3. The predicted molar refractivity (Wildman–Crippen MR) is 138 cm³/mol. The van der Waals surface area contributed by atoms with Crippen molar-refractivity contribution >= 4 is 46.0 Å². The van der Waals surface area contributed by atoms with E-state index in [0.29, 0.717) is 12.1 Å². The van der Waals surface area contributed by atoms with Crippen molar-refractivity contribution in [2.45, 2.75) is 30.0 Å². The van der Waals surface area contributed by atoms with Crippen LogP contribution in [0.5, 0.6) is 0 Å². The number of aromatic nitrogens is 1. The van der Waals surface area contributed by atoms with Gasteiger partial charge < -0.3 is 14.6 Å². The largest absolute Gasteiger partial charge is 0.457 e. The van der Waals surface area contributed by atoms with Crippen molar-refractivity contribution in [1.29, 1.82) is 0 Å². The number of carbonyl (C=O) groups excluding carboxylic acids is 3. The van der Waals surface area contributed by atoms with Gasteiger partial charge in [-0.25, -0.2) is 0 Å². The molecule has 0 aliphatic carbocycles. The van der Waals surface area contributed by atoms with E-state index >= 15 is 0 Å². The van der Waals surface area contributed by atoms with Crippen molar-refractivity contribution in [2.24, 2.45) is 0 Å². The first-order chi connectivity index (χ1) is 17.1. The van der Waals surface area contributed by atoms with Crippen LogP contribution in [-0.4, -0.2) is 34.1 Å². The van der Waals surface area contributed by atoms with Gasteiger partial charge in [0, 0.05) is 22.3 Å². The van der Waals surface area contributed by atoms with Gasteiger partial charge in [-0.3, -0.25) is 14.4 Å². The van der Waals surface area contributed by atoms with Crippen LogP contribution in [0.4, 0.5) is 5.69 Å². The van der Waals surface area contributed by atoms with Crippen LogP contribution in [0.15, 0.2) is 83.8 Å². The number of hydrogen-bond donors (Lipinski definition) is 1. The third-order valence-electron chi connectivity index (χ3n) is 6.04. The summed E-state index contributed by atoms with van der Waals surface area (Å²) in [6.07, 6.45) is -0.111. The number of amides is 1. The van der Waals surface area contributed by atoms with E-state index in [0.717, 1.165) is 32.7 Å². The molecule has 6 nitrogen and oxygen atoms in total. The molecular weight excluding hydrogens is 460 g/mol. The molecule has 1 aliphatic heterocycles. The van der Waals surface area contributed by atoms with Gasteiger partial charge in [0.2, 0.25) is 11.7 Å². The second-order valence-corrected chi connectivity index (χ2v) is 9.48. The lowest BCUT2D eigenvalue weighted by atomic mass is 10.0. The third kappa shape index (κ3) is 4.47. The Hall–Kier alpha value is -3.84. The molecule has 2 heterocycles. The molecule has 1 aliphatic rings. The minimum atomic E-state index is -0.602. The average molecular weight is 485 g/mol. The molecule has 0 saturated carbocycles. The highest BCUT2D eigenvalue weighted by Gasteiger charge is 2.30. The van der Waals surface area contributed by atoms with E-state index in [9.17, 15) is 14.4 Å². The maximum Gasteiger partial charge on any atom is 0.307 e. The zero-order chi connectivity index (χ0) is 24.4. The number of para-hydroxylation sites is 2. The molecule has 4 aromatic rings. The maximum atomic E-state index is 13.4. The van der Waals surface area contributed by atoms with Gasteiger partial charge in [0.1, 0.15) is 0 Å². The topological polar surface area (TPSA) is 77.4 Å². The van der Waals surface area contributed by atoms with E-state index in [1.807, 2.05) is 85.8 Å². The van der Waals surface area contributed by atoms with E-state index in [2.05, 4.69) is 9.88 Å². The summed E-state index contributed by atoms with van der Waals surface area (Å²) >= 11 is 1.33. The van der Waals surface area contributed by atoms with E-state index in [-0.39, 0.29) is 24.7 Å². The van der Waals surface area contributed by atoms with E-state index < -0.39 is 11.2 Å². The van der Waals surface area contributed by atoms with Gasteiger partial charge in [0.25, 0.3) is 0 Å². The molecule has 5 rings (SSSR count). The Bertz CT molecular complexity index is 1430. The first-order valence-electron chi connectivity index (χ1n) is 11.5. The van der Waals surface area contributed by atoms with Gasteiger partial charge in [0.05, 0.1) is 28.6 Å². The monoisotopic (exact) mass is 484 g/mol. The summed E-state index contributed by atoms with van der Waals surface area (Å²) in [5.74, 6) is -1.09. The summed E-state index contributed by atoms with van der Waals surface area (Å²) in [6.45, 7) is 2.34. The van der Waals surface area contributed by atoms with Crippen molar-refractivity contribution in [3.05, 3.63) is 84.4 Å². The summed E-state index contributed by atoms with van der Waals surface area (Å²) in [5.41, 5.74) is 3.98. The molecule has 0 spiro atoms. The van der Waals surface area contributed by atoms with E-state index in [4.69, 9.17) is 4.74 Å². The highest BCUT2D eigenvalue weighted by Crippen LogP contribution is 2.37. The Balaban J connectivity index is 1.36. The molecule has 1 N–H and O–H groups in total. The molecule has 0 bridgehead atoms. The fourth-order valence-corrected chi connectivity index (χ4v) is 5.56. The van der Waals surface area contributed by atoms with Crippen LogP contribution in [0, 0.1) is 0 Å². The summed E-state index contributed by atoms with van der Waals surface area (Å²) in [6, 6.07) is 25.0. The number of nitrogens with zero attached hydrogens (tertiary/aromatic N) is 1. The number of carbonyl (C=O) groups is 3. The zero-order valence-electron chi connectivity index (χ0n) is 19.2. The Labute approximate surface area is 207 Å². The molecule has 176 valence electrons. The van der Waals surface area contributed by atoms with Gasteiger partial charge in [-0.05, 0) is 30.7 Å². The van der Waals surface area contributed by atoms with Crippen LogP contribution in [-0.2, 0) is 20.9 Å². The van der Waals surface area contributed by atoms with Crippen molar-refractivity contribution in [2.75, 3.05) is 11.9 Å². The highest BCUT2D eigenvalue weighted by atomic mass is 32.2. The third-order valence-corrected chi connectivity index (χ3v) is 7.31. The summed E-state index contributed by atoms with van der Waals surface area (Å²) in [4.78, 5) is 39.4. The summed E-state index contributed by atoms with van der Waals surface area (Å²) in [5, 5.41) is 3.05. The molecule has 0 fully saturated rings. The smallest absolute Gasteiger partial charge is 0.307 e. The van der Waals surface area contributed by atoms with Gasteiger partial charge in [0.15, 0.2) is 6.61 Å². The Kier molecular flexibility index (Phi) is 6.42. The number of ether oxygens (including phenoxy) is 1. The average Bonchev–Trinajstić information content (AvgIpc) is 3.22. The fraction of sp³-hybridized carbons (Fsp3) is 0.179. The number of Topliss-reactive ketones (excluding diaryl/α,β-unsaturated/α-hetero) is 1. The standard InChI is InChI=1S/C28H24N2O4S/c1-2-30-21-14-8-6-12-19(21)26(27(30)18-10-4-3-5-11-18)22(31)17-34-25(32)16-24-28(33)29-20-13-7-9-15-23(20)35-24/h3-15,24H,2,16-17H2,1H3,(H,29,33). The molecule has 0 radical (unpaired) electrons. The Morgan fingerprint density at radius 1 is 0.971 bits per heavy atom. The van der Waals surface area contributed by atoms with Gasteiger partial charge >= 0.3 is 5.97 Å². The number of rotatable bonds is 7. The van der Waals surface area contributed by atoms with Crippen molar-refractivity contribution < 1.29 is 19.1 Å². The van der Waals surface area contributed by atoms with Crippen LogP contribution < -0.4 is 5.32 Å². The minimum Gasteiger partial charge on any atom is -0.457 e. The van der Waals surface area contributed by atoms with Crippen LogP contribution in [0.1, 0.15) is 23.7 Å². The summed E-state index contributed by atoms with van der Waals surface area (Å²) in [7, 11) is 0. The fourth-order valence-electron chi connectivity index (χ4n) is 4.47. The number of nitrogens with one attached hydrogen (secondary N) is 1. The molecule has 1 unspecified atom stereocenters. The summed E-state index contributed by atoms with van der Waals surface area (Å²) < 4.78 is 7.50. The van der Waals surface area contributed by atoms with Crippen molar-refractivity contribution in [3.8, 4) is 11.3 Å². The first kappa shape index (κ1) is 22.9. The van der Waals surface area contributed by atoms with E-state index in [1.54, 1.807) is 0 Å². The van der Waals surface area contributed by atoms with Gasteiger partial charge in [-0.2, -0.15) is 0 Å². The van der Waals surface area contributed by atoms with Crippen LogP contribution in [0.25, 0.3) is 22.2 Å². The van der Waals surface area contributed by atoms with Crippen LogP contribution in [0.2, 0.25) is 0 Å². The number of thioether (sulfide) groups is 1. The molecule has 1 amide bonds. The first-order valence-corrected chi connectivity index (χ1v) is 12.4. The van der Waals surface area contributed by atoms with Crippen molar-refractivity contribution in [3.63, 3.8) is 0 Å². The van der Waals surface area contributed by atoms with Crippen LogP contribution >= 0.6 is 11.8 Å². The lowest BCUT2D eigenvalue weighted by Crippen LogP contribution is -2.31. The Morgan fingerprint density at radius 2 is 1.69 bits per heavy atom. The molecular formula is C28H24N2O4S.